The Hall–Kier alpha value is -2.93. The van der Waals surface area contributed by atoms with E-state index in [-0.39, 0.29) is 17.9 Å². The molecule has 1 N–H and O–H groups in total. The molecular formula is C24H27N3O3S. The first kappa shape index (κ1) is 21.3. The van der Waals surface area contributed by atoms with Crippen LogP contribution >= 0.6 is 11.3 Å². The van der Waals surface area contributed by atoms with Gasteiger partial charge in [0.1, 0.15) is 10.8 Å². The van der Waals surface area contributed by atoms with Gasteiger partial charge in [0.2, 0.25) is 5.91 Å². The number of fused-ring (bicyclic) bond motifs is 1. The van der Waals surface area contributed by atoms with E-state index in [0.29, 0.717) is 37.3 Å². The van der Waals surface area contributed by atoms with Gasteiger partial charge in [-0.25, -0.2) is 4.98 Å². The highest BCUT2D eigenvalue weighted by Gasteiger charge is 2.31. The van der Waals surface area contributed by atoms with Gasteiger partial charge in [0.05, 0.1) is 28.4 Å². The average Bonchev–Trinajstić information content (AvgIpc) is 3.44. The zero-order chi connectivity index (χ0) is 21.6. The summed E-state index contributed by atoms with van der Waals surface area (Å²) in [6.07, 6.45) is 2.97. The number of carbonyl (C=O) groups is 2. The summed E-state index contributed by atoms with van der Waals surface area (Å²) in [6.45, 7) is 3.61. The summed E-state index contributed by atoms with van der Waals surface area (Å²) in [5.74, 6) is 0.532. The third-order valence-electron chi connectivity index (χ3n) is 5.45. The van der Waals surface area contributed by atoms with Crippen LogP contribution in [0.15, 0.2) is 48.5 Å². The molecule has 0 aliphatic carbocycles. The molecular weight excluding hydrogens is 410 g/mol. The molecule has 0 unspecified atom stereocenters. The molecule has 1 saturated heterocycles. The number of likely N-dealkylation sites (tertiary alicyclic amines) is 1. The van der Waals surface area contributed by atoms with Crippen LogP contribution in [0.5, 0.6) is 5.75 Å². The van der Waals surface area contributed by atoms with E-state index in [9.17, 15) is 9.59 Å². The number of rotatable bonds is 8. The lowest BCUT2D eigenvalue weighted by molar-refractivity contribution is -0.132. The van der Waals surface area contributed by atoms with Crippen molar-refractivity contribution in [1.29, 1.82) is 0 Å². The predicted molar refractivity (Wildman–Crippen MR) is 122 cm³/mol. The highest BCUT2D eigenvalue weighted by atomic mass is 32.1. The Labute approximate surface area is 186 Å². The van der Waals surface area contributed by atoms with Crippen molar-refractivity contribution in [2.75, 3.05) is 19.7 Å². The number of ether oxygens (including phenoxy) is 1. The van der Waals surface area contributed by atoms with E-state index in [1.807, 2.05) is 42.2 Å². The number of aromatic nitrogens is 1. The van der Waals surface area contributed by atoms with Crippen molar-refractivity contribution >= 4 is 33.4 Å². The fourth-order valence-corrected chi connectivity index (χ4v) is 5.09. The Balaban J connectivity index is 1.30. The highest BCUT2D eigenvalue weighted by Crippen LogP contribution is 2.36. The molecule has 2 aromatic carbocycles. The fraction of sp³-hybridized carbons (Fsp3) is 0.375. The molecule has 31 heavy (non-hydrogen) atoms. The number of para-hydroxylation sites is 2. The van der Waals surface area contributed by atoms with Crippen LogP contribution in [0.2, 0.25) is 0 Å². The number of thiazole rings is 1. The van der Waals surface area contributed by atoms with Crippen molar-refractivity contribution in [3.8, 4) is 5.75 Å². The molecule has 0 radical (unpaired) electrons. The first-order chi connectivity index (χ1) is 15.2. The number of carbonyl (C=O) groups excluding carboxylic acids is 2. The summed E-state index contributed by atoms with van der Waals surface area (Å²) in [4.78, 5) is 32.1. The van der Waals surface area contributed by atoms with Gasteiger partial charge < -0.3 is 15.0 Å². The van der Waals surface area contributed by atoms with Crippen LogP contribution in [0.25, 0.3) is 10.2 Å². The van der Waals surface area contributed by atoms with Gasteiger partial charge in [-0.3, -0.25) is 9.59 Å². The predicted octanol–water partition coefficient (Wildman–Crippen LogP) is 4.57. The zero-order valence-corrected chi connectivity index (χ0v) is 18.5. The molecule has 1 fully saturated rings. The molecule has 1 atom stereocenters. The Bertz CT molecular complexity index is 1030. The molecule has 0 bridgehead atoms. The van der Waals surface area contributed by atoms with Gasteiger partial charge in [0.25, 0.3) is 5.91 Å². The molecule has 0 saturated carbocycles. The first-order valence-electron chi connectivity index (χ1n) is 10.8. The smallest absolute Gasteiger partial charge is 0.255 e. The zero-order valence-electron chi connectivity index (χ0n) is 17.7. The van der Waals surface area contributed by atoms with E-state index >= 15 is 0 Å². The molecule has 2 amide bonds. The van der Waals surface area contributed by atoms with Crippen LogP contribution in [0.4, 0.5) is 0 Å². The quantitative estimate of drug-likeness (QED) is 0.524. The SMILES string of the molecule is CCOc1ccccc1C(=O)NCCCC(=O)N1CCC[C@H]1c1nc2ccccc2s1. The maximum atomic E-state index is 12.9. The average molecular weight is 438 g/mol. The number of hydrogen-bond donors (Lipinski definition) is 1. The topological polar surface area (TPSA) is 71.5 Å². The van der Waals surface area contributed by atoms with E-state index < -0.39 is 0 Å². The van der Waals surface area contributed by atoms with Gasteiger partial charge in [-0.15, -0.1) is 11.3 Å². The molecule has 7 heteroatoms. The van der Waals surface area contributed by atoms with E-state index in [2.05, 4.69) is 11.4 Å². The van der Waals surface area contributed by atoms with Crippen molar-refractivity contribution in [2.45, 2.75) is 38.6 Å². The van der Waals surface area contributed by atoms with Crippen molar-refractivity contribution < 1.29 is 14.3 Å². The Morgan fingerprint density at radius 1 is 1.19 bits per heavy atom. The Kier molecular flexibility index (Phi) is 6.82. The first-order valence-corrected chi connectivity index (χ1v) is 11.6. The molecule has 0 spiro atoms. The lowest BCUT2D eigenvalue weighted by Gasteiger charge is -2.23. The minimum absolute atomic E-state index is 0.0672. The third-order valence-corrected chi connectivity index (χ3v) is 6.59. The number of nitrogens with zero attached hydrogens (tertiary/aromatic N) is 2. The number of nitrogens with one attached hydrogen (secondary N) is 1. The van der Waals surface area contributed by atoms with Gasteiger partial charge in [-0.05, 0) is 50.5 Å². The molecule has 162 valence electrons. The van der Waals surface area contributed by atoms with Crippen LogP contribution < -0.4 is 10.1 Å². The number of hydrogen-bond acceptors (Lipinski definition) is 5. The summed E-state index contributed by atoms with van der Waals surface area (Å²) in [6, 6.07) is 15.4. The van der Waals surface area contributed by atoms with Crippen molar-refractivity contribution in [3.05, 3.63) is 59.1 Å². The van der Waals surface area contributed by atoms with Gasteiger partial charge in [-0.2, -0.15) is 0 Å². The highest BCUT2D eigenvalue weighted by molar-refractivity contribution is 7.18. The van der Waals surface area contributed by atoms with Crippen LogP contribution in [0.3, 0.4) is 0 Å². The number of amides is 2. The van der Waals surface area contributed by atoms with E-state index in [1.54, 1.807) is 23.5 Å². The Morgan fingerprint density at radius 2 is 2.00 bits per heavy atom. The molecule has 6 nitrogen and oxygen atoms in total. The molecule has 3 aromatic rings. The van der Waals surface area contributed by atoms with Crippen LogP contribution in [0.1, 0.15) is 54.0 Å². The second-order valence-corrected chi connectivity index (χ2v) is 8.62. The second-order valence-electron chi connectivity index (χ2n) is 7.55. The summed E-state index contributed by atoms with van der Waals surface area (Å²) in [5.41, 5.74) is 1.52. The number of benzene rings is 2. The van der Waals surface area contributed by atoms with Gasteiger partial charge in [-0.1, -0.05) is 24.3 Å². The normalized spacial score (nSPS) is 15.9. The van der Waals surface area contributed by atoms with E-state index in [4.69, 9.17) is 9.72 Å². The lowest BCUT2D eigenvalue weighted by Crippen LogP contribution is -2.31. The standard InChI is InChI=1S/C24H27N3O3S/c1-2-30-20-12-5-3-9-17(20)23(29)25-15-7-14-22(28)27-16-8-11-19(27)24-26-18-10-4-6-13-21(18)31-24/h3-6,9-10,12-13,19H,2,7-8,11,14-16H2,1H3,(H,25,29)/t19-/m0/s1. The maximum Gasteiger partial charge on any atom is 0.255 e. The second kappa shape index (κ2) is 9.92. The van der Waals surface area contributed by atoms with Gasteiger partial charge in [0, 0.05) is 19.5 Å². The monoisotopic (exact) mass is 437 g/mol. The molecule has 1 aromatic heterocycles. The largest absolute Gasteiger partial charge is 0.493 e. The van der Waals surface area contributed by atoms with Crippen LogP contribution in [-0.2, 0) is 4.79 Å². The third kappa shape index (κ3) is 4.88. The van der Waals surface area contributed by atoms with Crippen molar-refractivity contribution in [3.63, 3.8) is 0 Å². The summed E-state index contributed by atoms with van der Waals surface area (Å²) in [5, 5.41) is 3.93. The lowest BCUT2D eigenvalue weighted by atomic mass is 10.2. The molecule has 2 heterocycles. The summed E-state index contributed by atoms with van der Waals surface area (Å²) < 4.78 is 6.68. The Morgan fingerprint density at radius 3 is 2.84 bits per heavy atom. The van der Waals surface area contributed by atoms with Gasteiger partial charge in [0.15, 0.2) is 0 Å². The summed E-state index contributed by atoms with van der Waals surface area (Å²) in [7, 11) is 0. The minimum atomic E-state index is -0.176. The van der Waals surface area contributed by atoms with Gasteiger partial charge >= 0.3 is 0 Å². The van der Waals surface area contributed by atoms with E-state index in [0.717, 1.165) is 34.6 Å². The fourth-order valence-electron chi connectivity index (χ4n) is 3.97. The maximum absolute atomic E-state index is 12.9. The molecule has 1 aliphatic rings. The van der Waals surface area contributed by atoms with Crippen LogP contribution in [-0.4, -0.2) is 41.4 Å². The van der Waals surface area contributed by atoms with Crippen molar-refractivity contribution in [2.24, 2.45) is 0 Å². The van der Waals surface area contributed by atoms with Crippen LogP contribution in [0, 0.1) is 0 Å². The summed E-state index contributed by atoms with van der Waals surface area (Å²) >= 11 is 1.68. The minimum Gasteiger partial charge on any atom is -0.493 e. The van der Waals surface area contributed by atoms with E-state index in [1.165, 1.54) is 0 Å². The molecule has 1 aliphatic heterocycles. The van der Waals surface area contributed by atoms with Crippen molar-refractivity contribution in [1.82, 2.24) is 15.2 Å². The molecule has 4 rings (SSSR count).